The van der Waals surface area contributed by atoms with Crippen LogP contribution in [-0.2, 0) is 22.4 Å². The number of amides is 2. The van der Waals surface area contributed by atoms with Crippen LogP contribution in [0.15, 0.2) is 54.6 Å². The molecule has 1 saturated heterocycles. The summed E-state index contributed by atoms with van der Waals surface area (Å²) in [6, 6.07) is 19.1. The predicted octanol–water partition coefficient (Wildman–Crippen LogP) is 4.00. The van der Waals surface area contributed by atoms with Crippen molar-refractivity contribution in [3.8, 4) is 0 Å². The quantitative estimate of drug-likeness (QED) is 0.775. The van der Waals surface area contributed by atoms with E-state index >= 15 is 0 Å². The number of hydrogen-bond donors (Lipinski definition) is 0. The van der Waals surface area contributed by atoms with Gasteiger partial charge in [0.1, 0.15) is 0 Å². The highest BCUT2D eigenvalue weighted by Crippen LogP contribution is 2.36. The Bertz CT molecular complexity index is 922. The Morgan fingerprint density at radius 1 is 0.833 bits per heavy atom. The molecule has 1 aliphatic carbocycles. The molecule has 0 bridgehead atoms. The first-order valence-corrected chi connectivity index (χ1v) is 11.4. The monoisotopic (exact) mass is 402 g/mol. The first-order chi connectivity index (χ1) is 14.7. The minimum atomic E-state index is -0.0648. The summed E-state index contributed by atoms with van der Waals surface area (Å²) in [6.45, 7) is 2.18. The van der Waals surface area contributed by atoms with Gasteiger partial charge in [0.05, 0.1) is 12.0 Å². The second kappa shape index (κ2) is 8.25. The number of hydrogen-bond acceptors (Lipinski definition) is 2. The third-order valence-corrected chi connectivity index (χ3v) is 6.98. The second-order valence-corrected chi connectivity index (χ2v) is 9.08. The van der Waals surface area contributed by atoms with Crippen LogP contribution in [0.25, 0.3) is 0 Å². The van der Waals surface area contributed by atoms with E-state index in [2.05, 4.69) is 53.4 Å². The maximum Gasteiger partial charge on any atom is 0.228 e. The van der Waals surface area contributed by atoms with E-state index in [0.717, 1.165) is 51.6 Å². The molecule has 156 valence electrons. The Morgan fingerprint density at radius 2 is 1.60 bits per heavy atom. The number of nitrogens with zero attached hydrogens (tertiary/aromatic N) is 2. The standard InChI is InChI=1S/C26H30N2O2/c29-25(21-12-13-21)27-15-6-10-22(18-27)26(30)28-16-14-20-9-4-5-11-23(20)24(28)17-19-7-2-1-3-8-19/h1-5,7-9,11,21-22,24H,6,10,12-18H2/t22-,24+/m0/s1. The van der Waals surface area contributed by atoms with Crippen molar-refractivity contribution in [2.45, 2.75) is 44.6 Å². The Balaban J connectivity index is 1.38. The van der Waals surface area contributed by atoms with Crippen LogP contribution in [0.4, 0.5) is 0 Å². The lowest BCUT2D eigenvalue weighted by molar-refractivity contribution is -0.143. The predicted molar refractivity (Wildman–Crippen MR) is 117 cm³/mol. The largest absolute Gasteiger partial charge is 0.342 e. The van der Waals surface area contributed by atoms with Gasteiger partial charge in [-0.2, -0.15) is 0 Å². The average molecular weight is 403 g/mol. The first kappa shape index (κ1) is 19.3. The van der Waals surface area contributed by atoms with Crippen LogP contribution < -0.4 is 0 Å². The molecule has 0 unspecified atom stereocenters. The zero-order valence-corrected chi connectivity index (χ0v) is 17.5. The highest BCUT2D eigenvalue weighted by molar-refractivity contribution is 5.84. The van der Waals surface area contributed by atoms with Gasteiger partial charge in [-0.3, -0.25) is 9.59 Å². The Hall–Kier alpha value is -2.62. The molecule has 2 fully saturated rings. The minimum absolute atomic E-state index is 0.0648. The van der Waals surface area contributed by atoms with E-state index in [0.29, 0.717) is 6.54 Å². The summed E-state index contributed by atoms with van der Waals surface area (Å²) in [5, 5.41) is 0. The number of carbonyl (C=O) groups excluding carboxylic acids is 2. The van der Waals surface area contributed by atoms with Gasteiger partial charge in [0.2, 0.25) is 11.8 Å². The van der Waals surface area contributed by atoms with E-state index in [-0.39, 0.29) is 29.7 Å². The van der Waals surface area contributed by atoms with Crippen molar-refractivity contribution >= 4 is 11.8 Å². The highest BCUT2D eigenvalue weighted by atomic mass is 16.2. The first-order valence-electron chi connectivity index (χ1n) is 11.4. The van der Waals surface area contributed by atoms with Gasteiger partial charge < -0.3 is 9.80 Å². The van der Waals surface area contributed by atoms with Crippen molar-refractivity contribution in [1.82, 2.24) is 9.80 Å². The third kappa shape index (κ3) is 3.88. The van der Waals surface area contributed by atoms with E-state index in [4.69, 9.17) is 0 Å². The van der Waals surface area contributed by atoms with Gasteiger partial charge in [0.15, 0.2) is 0 Å². The molecule has 0 aromatic heterocycles. The van der Waals surface area contributed by atoms with Gasteiger partial charge >= 0.3 is 0 Å². The second-order valence-electron chi connectivity index (χ2n) is 9.08. The zero-order chi connectivity index (χ0) is 20.5. The smallest absolute Gasteiger partial charge is 0.228 e. The Kier molecular flexibility index (Phi) is 5.32. The lowest BCUT2D eigenvalue weighted by atomic mass is 9.86. The topological polar surface area (TPSA) is 40.6 Å². The molecule has 30 heavy (non-hydrogen) atoms. The Morgan fingerprint density at radius 3 is 2.40 bits per heavy atom. The molecular weight excluding hydrogens is 372 g/mol. The SMILES string of the molecule is O=C(C1CC1)N1CCC[C@H](C(=O)N2CCc3ccccc3[C@H]2Cc2ccccc2)C1. The van der Waals surface area contributed by atoms with E-state index in [9.17, 15) is 9.59 Å². The summed E-state index contributed by atoms with van der Waals surface area (Å²) in [5.41, 5.74) is 3.89. The van der Waals surface area contributed by atoms with Gasteiger partial charge in [-0.15, -0.1) is 0 Å². The molecule has 2 amide bonds. The van der Waals surface area contributed by atoms with Gasteiger partial charge in [-0.05, 0) is 55.2 Å². The molecule has 2 aromatic carbocycles. The Labute approximate surface area is 178 Å². The van der Waals surface area contributed by atoms with Gasteiger partial charge in [-0.25, -0.2) is 0 Å². The fourth-order valence-electron chi connectivity index (χ4n) is 5.17. The van der Waals surface area contributed by atoms with Gasteiger partial charge in [0.25, 0.3) is 0 Å². The van der Waals surface area contributed by atoms with E-state index in [1.54, 1.807) is 0 Å². The molecule has 4 nitrogen and oxygen atoms in total. The maximum absolute atomic E-state index is 13.7. The molecule has 2 atom stereocenters. The molecule has 3 aliphatic rings. The van der Waals surface area contributed by atoms with Crippen molar-refractivity contribution in [1.29, 1.82) is 0 Å². The summed E-state index contributed by atoms with van der Waals surface area (Å²) in [4.78, 5) is 30.4. The number of carbonyl (C=O) groups is 2. The van der Waals surface area contributed by atoms with Crippen molar-refractivity contribution < 1.29 is 9.59 Å². The minimum Gasteiger partial charge on any atom is -0.342 e. The lowest BCUT2D eigenvalue weighted by Crippen LogP contribution is -2.49. The fraction of sp³-hybridized carbons (Fsp3) is 0.462. The molecule has 2 heterocycles. The molecule has 0 spiro atoms. The summed E-state index contributed by atoms with van der Waals surface area (Å²) in [6.07, 6.45) is 5.61. The molecule has 1 saturated carbocycles. The molecule has 0 radical (unpaired) electrons. The highest BCUT2D eigenvalue weighted by Gasteiger charge is 2.39. The van der Waals surface area contributed by atoms with Crippen LogP contribution in [-0.4, -0.2) is 41.2 Å². The van der Waals surface area contributed by atoms with Crippen LogP contribution in [0.5, 0.6) is 0 Å². The van der Waals surface area contributed by atoms with Crippen LogP contribution in [0.3, 0.4) is 0 Å². The van der Waals surface area contributed by atoms with Crippen LogP contribution in [0.1, 0.15) is 48.4 Å². The number of likely N-dealkylation sites (tertiary alicyclic amines) is 1. The van der Waals surface area contributed by atoms with Crippen molar-refractivity contribution in [2.24, 2.45) is 11.8 Å². The van der Waals surface area contributed by atoms with Crippen molar-refractivity contribution in [3.05, 3.63) is 71.3 Å². The normalized spacial score (nSPS) is 23.7. The lowest BCUT2D eigenvalue weighted by Gasteiger charge is -2.41. The van der Waals surface area contributed by atoms with E-state index in [1.807, 2.05) is 11.0 Å². The average Bonchev–Trinajstić information content (AvgIpc) is 3.65. The zero-order valence-electron chi connectivity index (χ0n) is 17.5. The van der Waals surface area contributed by atoms with Gasteiger partial charge in [0, 0.05) is 25.6 Å². The van der Waals surface area contributed by atoms with Crippen LogP contribution in [0, 0.1) is 11.8 Å². The van der Waals surface area contributed by atoms with Crippen LogP contribution in [0.2, 0.25) is 0 Å². The molecule has 2 aliphatic heterocycles. The number of piperidine rings is 1. The summed E-state index contributed by atoms with van der Waals surface area (Å²) in [5.74, 6) is 0.674. The molecule has 4 heteroatoms. The number of benzene rings is 2. The van der Waals surface area contributed by atoms with Gasteiger partial charge in [-0.1, -0.05) is 54.6 Å². The number of rotatable bonds is 4. The number of fused-ring (bicyclic) bond motifs is 1. The van der Waals surface area contributed by atoms with Crippen molar-refractivity contribution in [2.75, 3.05) is 19.6 Å². The summed E-state index contributed by atoms with van der Waals surface area (Å²) >= 11 is 0. The summed E-state index contributed by atoms with van der Waals surface area (Å²) < 4.78 is 0. The summed E-state index contributed by atoms with van der Waals surface area (Å²) in [7, 11) is 0. The third-order valence-electron chi connectivity index (χ3n) is 6.98. The van der Waals surface area contributed by atoms with Crippen molar-refractivity contribution in [3.63, 3.8) is 0 Å². The van der Waals surface area contributed by atoms with E-state index in [1.165, 1.54) is 16.7 Å². The maximum atomic E-state index is 13.7. The molecular formula is C26H30N2O2. The molecule has 2 aromatic rings. The molecule has 0 N–H and O–H groups in total. The fourth-order valence-corrected chi connectivity index (χ4v) is 5.17. The molecule has 5 rings (SSSR count). The van der Waals surface area contributed by atoms with Crippen LogP contribution >= 0.6 is 0 Å². The van der Waals surface area contributed by atoms with E-state index < -0.39 is 0 Å².